The highest BCUT2D eigenvalue weighted by Crippen LogP contribution is 2.42. The van der Waals surface area contributed by atoms with Crippen molar-refractivity contribution in [3.05, 3.63) is 45.4 Å². The first-order valence-electron chi connectivity index (χ1n) is 12.6. The molecule has 2 saturated heterocycles. The largest absolute Gasteiger partial charge is 0.296 e. The van der Waals surface area contributed by atoms with Crippen LogP contribution in [0.4, 0.5) is 4.39 Å². The quantitative estimate of drug-likeness (QED) is 0.505. The fourth-order valence-corrected chi connectivity index (χ4v) is 6.53. The number of thiazole rings is 1. The van der Waals surface area contributed by atoms with Gasteiger partial charge in [0.15, 0.2) is 0 Å². The van der Waals surface area contributed by atoms with Crippen molar-refractivity contribution in [3.63, 3.8) is 0 Å². The smallest absolute Gasteiger partial charge is 0.213 e. The van der Waals surface area contributed by atoms with E-state index in [1.807, 2.05) is 19.2 Å². The summed E-state index contributed by atoms with van der Waals surface area (Å²) >= 11 is 1.68. The van der Waals surface area contributed by atoms with E-state index in [-0.39, 0.29) is 23.8 Å². The SMILES string of the molecule is Cc1ncc(CN2CC(C#N)C(C(C)C)CC2c2ccc(F)nc2CN2CCC(C)C(C#N)C2)s1. The topological polar surface area (TPSA) is 79.8 Å². The molecule has 35 heavy (non-hydrogen) atoms. The summed E-state index contributed by atoms with van der Waals surface area (Å²) in [4.78, 5) is 14.6. The Morgan fingerprint density at radius 1 is 1.17 bits per heavy atom. The molecule has 0 saturated carbocycles. The molecule has 0 spiro atoms. The first kappa shape index (κ1) is 25.7. The molecular formula is C27H35FN6S. The Balaban J connectivity index is 1.66. The van der Waals surface area contributed by atoms with Crippen LogP contribution in [0.2, 0.25) is 0 Å². The van der Waals surface area contributed by atoms with Crippen LogP contribution in [0.1, 0.15) is 60.8 Å². The van der Waals surface area contributed by atoms with Gasteiger partial charge in [-0.2, -0.15) is 14.9 Å². The zero-order chi connectivity index (χ0) is 25.1. The molecule has 0 aromatic carbocycles. The molecule has 0 amide bonds. The summed E-state index contributed by atoms with van der Waals surface area (Å²) in [6.07, 6.45) is 3.72. The summed E-state index contributed by atoms with van der Waals surface area (Å²) in [5.41, 5.74) is 1.80. The van der Waals surface area contributed by atoms with Crippen LogP contribution in [0.25, 0.3) is 0 Å². The van der Waals surface area contributed by atoms with Crippen LogP contribution in [0.15, 0.2) is 18.3 Å². The maximum absolute atomic E-state index is 14.4. The first-order chi connectivity index (χ1) is 16.8. The second-order valence-electron chi connectivity index (χ2n) is 10.6. The lowest BCUT2D eigenvalue weighted by Gasteiger charge is -2.44. The van der Waals surface area contributed by atoms with E-state index in [4.69, 9.17) is 0 Å². The average molecular weight is 495 g/mol. The highest BCUT2D eigenvalue weighted by Gasteiger charge is 2.39. The number of halogens is 1. The molecule has 5 unspecified atom stereocenters. The van der Waals surface area contributed by atoms with E-state index in [2.05, 4.69) is 52.7 Å². The highest BCUT2D eigenvalue weighted by molar-refractivity contribution is 7.11. The molecule has 0 bridgehead atoms. The Morgan fingerprint density at radius 2 is 1.94 bits per heavy atom. The van der Waals surface area contributed by atoms with Crippen LogP contribution in [-0.2, 0) is 13.1 Å². The van der Waals surface area contributed by atoms with E-state index in [0.717, 1.165) is 35.7 Å². The Kier molecular flexibility index (Phi) is 8.16. The molecule has 0 radical (unpaired) electrons. The van der Waals surface area contributed by atoms with Gasteiger partial charge in [0.25, 0.3) is 0 Å². The van der Waals surface area contributed by atoms with Crippen molar-refractivity contribution >= 4 is 11.3 Å². The van der Waals surface area contributed by atoms with Crippen molar-refractivity contribution in [1.29, 1.82) is 10.5 Å². The Morgan fingerprint density at radius 3 is 2.60 bits per heavy atom. The minimum atomic E-state index is -0.471. The Bertz CT molecular complexity index is 1100. The summed E-state index contributed by atoms with van der Waals surface area (Å²) in [7, 11) is 0. The summed E-state index contributed by atoms with van der Waals surface area (Å²) in [6.45, 7) is 12.0. The summed E-state index contributed by atoms with van der Waals surface area (Å²) in [5.74, 6) is 0.498. The second-order valence-corrected chi connectivity index (χ2v) is 11.9. The monoisotopic (exact) mass is 494 g/mol. The lowest BCUT2D eigenvalue weighted by molar-refractivity contribution is 0.0558. The predicted octanol–water partition coefficient (Wildman–Crippen LogP) is 5.33. The zero-order valence-corrected chi connectivity index (χ0v) is 21.9. The molecule has 4 heterocycles. The van der Waals surface area contributed by atoms with Gasteiger partial charge in [0, 0.05) is 43.3 Å². The van der Waals surface area contributed by atoms with Crippen molar-refractivity contribution in [3.8, 4) is 12.1 Å². The molecule has 6 nitrogen and oxygen atoms in total. The van der Waals surface area contributed by atoms with Gasteiger partial charge in [0.05, 0.1) is 34.7 Å². The highest BCUT2D eigenvalue weighted by atomic mass is 32.1. The number of nitriles is 2. The van der Waals surface area contributed by atoms with Crippen molar-refractivity contribution in [2.75, 3.05) is 19.6 Å². The van der Waals surface area contributed by atoms with Crippen LogP contribution in [0.3, 0.4) is 0 Å². The van der Waals surface area contributed by atoms with Gasteiger partial charge >= 0.3 is 0 Å². The maximum Gasteiger partial charge on any atom is 0.213 e. The summed E-state index contributed by atoms with van der Waals surface area (Å²) in [6, 6.07) is 8.42. The zero-order valence-electron chi connectivity index (χ0n) is 21.1. The molecule has 2 aliphatic heterocycles. The number of aromatic nitrogens is 2. The third kappa shape index (κ3) is 5.89. The molecule has 186 valence electrons. The van der Waals surface area contributed by atoms with E-state index < -0.39 is 5.95 Å². The van der Waals surface area contributed by atoms with Crippen LogP contribution in [-0.4, -0.2) is 39.4 Å². The predicted molar refractivity (Wildman–Crippen MR) is 134 cm³/mol. The second kappa shape index (κ2) is 11.1. The number of likely N-dealkylation sites (tertiary alicyclic amines) is 2. The van der Waals surface area contributed by atoms with Crippen LogP contribution in [0, 0.1) is 65.1 Å². The van der Waals surface area contributed by atoms with E-state index in [1.165, 1.54) is 10.9 Å². The number of rotatable bonds is 6. The molecule has 8 heteroatoms. The van der Waals surface area contributed by atoms with Gasteiger partial charge in [0.1, 0.15) is 0 Å². The lowest BCUT2D eigenvalue weighted by atomic mass is 9.74. The number of pyridine rings is 1. The third-order valence-corrected chi connectivity index (χ3v) is 8.75. The lowest BCUT2D eigenvalue weighted by Crippen LogP contribution is -2.44. The number of aryl methyl sites for hydroxylation is 1. The molecule has 0 aliphatic carbocycles. The van der Waals surface area contributed by atoms with Gasteiger partial charge in [-0.1, -0.05) is 26.8 Å². The van der Waals surface area contributed by atoms with Gasteiger partial charge in [0.2, 0.25) is 5.95 Å². The Labute approximate surface area is 212 Å². The number of hydrogen-bond donors (Lipinski definition) is 0. The maximum atomic E-state index is 14.4. The van der Waals surface area contributed by atoms with E-state index in [0.29, 0.717) is 38.0 Å². The van der Waals surface area contributed by atoms with Gasteiger partial charge < -0.3 is 0 Å². The average Bonchev–Trinajstić information content (AvgIpc) is 3.24. The van der Waals surface area contributed by atoms with Crippen LogP contribution >= 0.6 is 11.3 Å². The standard InChI is InChI=1S/C27H35FN6S/c1-17(2)24-9-26(34(14-21(24)11-30)15-22-12-31-19(4)35-22)23-5-6-27(28)32-25(23)16-33-8-7-18(3)20(10-29)13-33/h5-6,12,17-18,20-21,24,26H,7-9,13-16H2,1-4H3. The summed E-state index contributed by atoms with van der Waals surface area (Å²) < 4.78 is 14.4. The summed E-state index contributed by atoms with van der Waals surface area (Å²) in [5, 5.41) is 20.5. The molecule has 2 fully saturated rings. The van der Waals surface area contributed by atoms with Crippen molar-refractivity contribution in [1.82, 2.24) is 19.8 Å². The number of nitrogens with zero attached hydrogens (tertiary/aromatic N) is 6. The van der Waals surface area contributed by atoms with Crippen molar-refractivity contribution in [2.24, 2.45) is 29.6 Å². The fourth-order valence-electron chi connectivity index (χ4n) is 5.71. The van der Waals surface area contributed by atoms with Gasteiger partial charge in [-0.05, 0) is 55.7 Å². The van der Waals surface area contributed by atoms with Crippen LogP contribution < -0.4 is 0 Å². The van der Waals surface area contributed by atoms with E-state index in [9.17, 15) is 14.9 Å². The van der Waals surface area contributed by atoms with E-state index >= 15 is 0 Å². The molecule has 0 N–H and O–H groups in total. The van der Waals surface area contributed by atoms with Crippen molar-refractivity contribution in [2.45, 2.75) is 59.7 Å². The third-order valence-electron chi connectivity index (χ3n) is 7.85. The molecular weight excluding hydrogens is 459 g/mol. The van der Waals surface area contributed by atoms with Gasteiger partial charge in [-0.25, -0.2) is 9.97 Å². The van der Waals surface area contributed by atoms with Crippen molar-refractivity contribution < 1.29 is 4.39 Å². The van der Waals surface area contributed by atoms with E-state index in [1.54, 1.807) is 11.3 Å². The molecule has 4 rings (SSSR count). The minimum absolute atomic E-state index is 0.0109. The molecule has 5 atom stereocenters. The first-order valence-corrected chi connectivity index (χ1v) is 13.4. The van der Waals surface area contributed by atoms with Gasteiger partial charge in [-0.15, -0.1) is 11.3 Å². The van der Waals surface area contributed by atoms with Crippen LogP contribution in [0.5, 0.6) is 0 Å². The van der Waals surface area contributed by atoms with Gasteiger partial charge in [-0.3, -0.25) is 9.80 Å². The molecule has 2 aromatic heterocycles. The normalized spacial score (nSPS) is 28.1. The Hall–Kier alpha value is -2.39. The number of hydrogen-bond acceptors (Lipinski definition) is 7. The fraction of sp³-hybridized carbons (Fsp3) is 0.630. The molecule has 2 aromatic rings. The molecule has 2 aliphatic rings. The number of piperidine rings is 2. The minimum Gasteiger partial charge on any atom is -0.296 e.